The summed E-state index contributed by atoms with van der Waals surface area (Å²) in [5.74, 6) is 2.77. The highest BCUT2D eigenvalue weighted by atomic mass is 32.2. The van der Waals surface area contributed by atoms with Crippen LogP contribution in [0.25, 0.3) is 22.0 Å². The fourth-order valence-electron chi connectivity index (χ4n) is 3.11. The molecule has 1 aromatic heterocycles. The van der Waals surface area contributed by atoms with Gasteiger partial charge in [-0.3, -0.25) is 0 Å². The zero-order valence-electron chi connectivity index (χ0n) is 16.1. The van der Waals surface area contributed by atoms with Crippen LogP contribution in [0, 0.1) is 12.7 Å². The Bertz CT molecular complexity index is 945. The lowest BCUT2D eigenvalue weighted by molar-refractivity contribution is 0.404. The number of aromatic amines is 1. The first-order chi connectivity index (χ1) is 13.1. The van der Waals surface area contributed by atoms with Gasteiger partial charge in [-0.05, 0) is 67.1 Å². The third kappa shape index (κ3) is 4.75. The van der Waals surface area contributed by atoms with Gasteiger partial charge >= 0.3 is 0 Å². The molecule has 0 saturated carbocycles. The first-order valence-corrected chi connectivity index (χ1v) is 10.7. The van der Waals surface area contributed by atoms with E-state index in [1.165, 1.54) is 12.1 Å². The zero-order chi connectivity index (χ0) is 19.2. The number of thioether (sulfide) groups is 1. The summed E-state index contributed by atoms with van der Waals surface area (Å²) in [4.78, 5) is 3.16. The molecule has 0 aliphatic carbocycles. The Kier molecular flexibility index (Phi) is 6.62. The van der Waals surface area contributed by atoms with Gasteiger partial charge in [0.2, 0.25) is 0 Å². The molecule has 0 aliphatic rings. The quantitative estimate of drug-likeness (QED) is 0.420. The molecular weight excluding hydrogens is 357 g/mol. The smallest absolute Gasteiger partial charge is 0.129 e. The third-order valence-electron chi connectivity index (χ3n) is 4.58. The summed E-state index contributed by atoms with van der Waals surface area (Å²) >= 11 is 1.83. The average Bonchev–Trinajstić information content (AvgIpc) is 3.08. The van der Waals surface area contributed by atoms with Gasteiger partial charge in [0.15, 0.2) is 0 Å². The molecule has 3 aromatic rings. The minimum atomic E-state index is -0.229. The number of nitrogens with one attached hydrogen (secondary N) is 1. The molecule has 0 atom stereocenters. The monoisotopic (exact) mass is 383 g/mol. The average molecular weight is 384 g/mol. The SMILES string of the molecule is CCCC=C(CCSC)Oc1ccc(-c2c[nH]c3cc(F)ccc23)cc1C. The fraction of sp³-hybridized carbons (Fsp3) is 0.304. The van der Waals surface area contributed by atoms with E-state index in [1.807, 2.05) is 30.1 Å². The van der Waals surface area contributed by atoms with Crippen molar-refractivity contribution in [2.45, 2.75) is 33.1 Å². The number of fused-ring (bicyclic) bond motifs is 1. The van der Waals surface area contributed by atoms with E-state index in [2.05, 4.69) is 43.3 Å². The lowest BCUT2D eigenvalue weighted by Gasteiger charge is -2.13. The van der Waals surface area contributed by atoms with E-state index in [-0.39, 0.29) is 5.82 Å². The Hall–Kier alpha value is -2.20. The van der Waals surface area contributed by atoms with Gasteiger partial charge < -0.3 is 9.72 Å². The molecule has 0 amide bonds. The molecule has 27 heavy (non-hydrogen) atoms. The first kappa shape index (κ1) is 19.6. The Morgan fingerprint density at radius 2 is 2.07 bits per heavy atom. The second kappa shape index (κ2) is 9.14. The molecule has 0 aliphatic heterocycles. The molecule has 0 bridgehead atoms. The van der Waals surface area contributed by atoms with Gasteiger partial charge in [0.25, 0.3) is 0 Å². The van der Waals surface area contributed by atoms with Crippen molar-refractivity contribution >= 4 is 22.7 Å². The molecule has 1 heterocycles. The number of unbranched alkanes of at least 4 members (excludes halogenated alkanes) is 1. The minimum absolute atomic E-state index is 0.229. The number of aromatic nitrogens is 1. The summed E-state index contributed by atoms with van der Waals surface area (Å²) in [6.45, 7) is 4.25. The molecule has 1 N–H and O–H groups in total. The van der Waals surface area contributed by atoms with E-state index in [0.29, 0.717) is 0 Å². The highest BCUT2D eigenvalue weighted by Gasteiger charge is 2.10. The van der Waals surface area contributed by atoms with Crippen molar-refractivity contribution in [1.82, 2.24) is 4.98 Å². The number of hydrogen-bond donors (Lipinski definition) is 1. The first-order valence-electron chi connectivity index (χ1n) is 9.36. The van der Waals surface area contributed by atoms with Crippen molar-refractivity contribution in [1.29, 1.82) is 0 Å². The lowest BCUT2D eigenvalue weighted by atomic mass is 10.0. The van der Waals surface area contributed by atoms with Crippen LogP contribution in [0.2, 0.25) is 0 Å². The highest BCUT2D eigenvalue weighted by Crippen LogP contribution is 2.32. The maximum Gasteiger partial charge on any atom is 0.129 e. The maximum atomic E-state index is 13.4. The Labute approximate surface area is 164 Å². The molecule has 2 nitrogen and oxygen atoms in total. The highest BCUT2D eigenvalue weighted by molar-refractivity contribution is 7.98. The van der Waals surface area contributed by atoms with E-state index in [4.69, 9.17) is 4.74 Å². The Morgan fingerprint density at radius 1 is 1.22 bits per heavy atom. The van der Waals surface area contributed by atoms with Gasteiger partial charge in [0.05, 0.1) is 0 Å². The van der Waals surface area contributed by atoms with Gasteiger partial charge in [0.1, 0.15) is 17.3 Å². The van der Waals surface area contributed by atoms with E-state index in [1.54, 1.807) is 0 Å². The van der Waals surface area contributed by atoms with Crippen molar-refractivity contribution in [3.05, 3.63) is 65.8 Å². The topological polar surface area (TPSA) is 25.0 Å². The number of hydrogen-bond acceptors (Lipinski definition) is 2. The van der Waals surface area contributed by atoms with E-state index in [9.17, 15) is 4.39 Å². The van der Waals surface area contributed by atoms with Gasteiger partial charge in [-0.15, -0.1) is 0 Å². The Morgan fingerprint density at radius 3 is 2.81 bits per heavy atom. The normalized spacial score (nSPS) is 11.9. The van der Waals surface area contributed by atoms with E-state index >= 15 is 0 Å². The largest absolute Gasteiger partial charge is 0.462 e. The summed E-state index contributed by atoms with van der Waals surface area (Å²) in [6.07, 6.45) is 9.35. The van der Waals surface area contributed by atoms with Crippen molar-refractivity contribution in [3.63, 3.8) is 0 Å². The molecule has 2 aromatic carbocycles. The summed E-state index contributed by atoms with van der Waals surface area (Å²) in [7, 11) is 0. The number of halogens is 1. The van der Waals surface area contributed by atoms with Crippen molar-refractivity contribution < 1.29 is 9.13 Å². The molecule has 0 unspecified atom stereocenters. The summed E-state index contributed by atoms with van der Waals surface area (Å²) < 4.78 is 19.6. The number of allylic oxidation sites excluding steroid dienone is 2. The summed E-state index contributed by atoms with van der Waals surface area (Å²) in [5.41, 5.74) is 4.07. The number of aryl methyl sites for hydroxylation is 1. The number of H-pyrrole nitrogens is 1. The maximum absolute atomic E-state index is 13.4. The predicted molar refractivity (Wildman–Crippen MR) is 115 cm³/mol. The van der Waals surface area contributed by atoms with Crippen LogP contribution in [0.3, 0.4) is 0 Å². The van der Waals surface area contributed by atoms with E-state index < -0.39 is 0 Å². The van der Waals surface area contributed by atoms with Crippen LogP contribution in [0.15, 0.2) is 54.4 Å². The molecule has 0 spiro atoms. The van der Waals surface area contributed by atoms with Crippen LogP contribution in [-0.2, 0) is 0 Å². The van der Waals surface area contributed by atoms with Crippen LogP contribution >= 0.6 is 11.8 Å². The standard InChI is InChI=1S/C23H26FNOS/c1-4-5-6-19(11-12-27-3)26-23-10-7-17(13-16(23)2)21-15-25-22-14-18(24)8-9-20(21)22/h6-10,13-15,25H,4-5,11-12H2,1-3H3. The van der Waals surface area contributed by atoms with Gasteiger partial charge in [-0.1, -0.05) is 19.4 Å². The summed E-state index contributed by atoms with van der Waals surface area (Å²) in [6, 6.07) is 11.1. The molecular formula is C23H26FNOS. The molecule has 142 valence electrons. The van der Waals surface area contributed by atoms with Crippen LogP contribution < -0.4 is 4.74 Å². The van der Waals surface area contributed by atoms with Crippen LogP contribution in [0.4, 0.5) is 4.39 Å². The summed E-state index contributed by atoms with van der Waals surface area (Å²) in [5, 5.41) is 1.02. The van der Waals surface area contributed by atoms with Crippen molar-refractivity contribution in [2.24, 2.45) is 0 Å². The molecule has 0 fully saturated rings. The van der Waals surface area contributed by atoms with Crippen LogP contribution in [-0.4, -0.2) is 17.0 Å². The Balaban J connectivity index is 1.86. The van der Waals surface area contributed by atoms with Crippen LogP contribution in [0.1, 0.15) is 31.7 Å². The number of ether oxygens (including phenoxy) is 1. The lowest BCUT2D eigenvalue weighted by Crippen LogP contribution is -1.99. The van der Waals surface area contributed by atoms with Crippen molar-refractivity contribution in [2.75, 3.05) is 12.0 Å². The van der Waals surface area contributed by atoms with Gasteiger partial charge in [0, 0.05) is 34.8 Å². The van der Waals surface area contributed by atoms with E-state index in [0.717, 1.165) is 64.1 Å². The fourth-order valence-corrected chi connectivity index (χ4v) is 3.52. The second-order valence-corrected chi connectivity index (χ2v) is 7.66. The minimum Gasteiger partial charge on any atom is -0.462 e. The molecule has 4 heteroatoms. The zero-order valence-corrected chi connectivity index (χ0v) is 17.0. The van der Waals surface area contributed by atoms with Gasteiger partial charge in [-0.2, -0.15) is 11.8 Å². The molecule has 3 rings (SSSR count). The van der Waals surface area contributed by atoms with Crippen molar-refractivity contribution in [3.8, 4) is 16.9 Å². The molecule has 0 saturated heterocycles. The number of rotatable bonds is 8. The predicted octanol–water partition coefficient (Wildman–Crippen LogP) is 7.10. The third-order valence-corrected chi connectivity index (χ3v) is 5.20. The van der Waals surface area contributed by atoms with Gasteiger partial charge in [-0.25, -0.2) is 4.39 Å². The van der Waals surface area contributed by atoms with Crippen LogP contribution in [0.5, 0.6) is 5.75 Å². The second-order valence-electron chi connectivity index (χ2n) is 6.68. The number of benzene rings is 2. The molecule has 0 radical (unpaired) electrons.